The first kappa shape index (κ1) is 13.3. The summed E-state index contributed by atoms with van der Waals surface area (Å²) in [6.45, 7) is 9.91. The lowest BCUT2D eigenvalue weighted by atomic mass is 10.2. The van der Waals surface area contributed by atoms with Gasteiger partial charge in [0.05, 0.1) is 0 Å². The standard InChI is InChI=1S/C15H25N3/c1-12(2)9-16-11-14-5-4-8-18(14)15-7-6-13(3)10-17-15/h6-7,10,12,14,16H,4-5,8-9,11H2,1-3H3. The highest BCUT2D eigenvalue weighted by molar-refractivity contribution is 5.41. The van der Waals surface area contributed by atoms with Crippen molar-refractivity contribution in [3.05, 3.63) is 23.9 Å². The maximum atomic E-state index is 4.55. The molecule has 0 amide bonds. The fourth-order valence-electron chi connectivity index (χ4n) is 2.52. The summed E-state index contributed by atoms with van der Waals surface area (Å²) in [5.41, 5.74) is 1.23. The van der Waals surface area contributed by atoms with Crippen molar-refractivity contribution in [3.63, 3.8) is 0 Å². The Balaban J connectivity index is 1.92. The van der Waals surface area contributed by atoms with Crippen LogP contribution < -0.4 is 10.2 Å². The van der Waals surface area contributed by atoms with E-state index in [2.05, 4.69) is 48.1 Å². The number of aryl methyl sites for hydroxylation is 1. The molecular weight excluding hydrogens is 222 g/mol. The van der Waals surface area contributed by atoms with Gasteiger partial charge in [0.1, 0.15) is 5.82 Å². The van der Waals surface area contributed by atoms with Crippen LogP contribution in [0.4, 0.5) is 5.82 Å². The minimum absolute atomic E-state index is 0.610. The average molecular weight is 247 g/mol. The predicted octanol–water partition coefficient (Wildman–Crippen LogP) is 2.60. The minimum Gasteiger partial charge on any atom is -0.352 e. The van der Waals surface area contributed by atoms with E-state index in [0.717, 1.165) is 31.4 Å². The number of nitrogens with one attached hydrogen (secondary N) is 1. The summed E-state index contributed by atoms with van der Waals surface area (Å²) in [4.78, 5) is 7.00. The summed E-state index contributed by atoms with van der Waals surface area (Å²) in [5, 5.41) is 3.57. The van der Waals surface area contributed by atoms with Gasteiger partial charge in [-0.05, 0) is 43.9 Å². The molecule has 3 nitrogen and oxygen atoms in total. The van der Waals surface area contributed by atoms with Crippen molar-refractivity contribution in [2.24, 2.45) is 5.92 Å². The Morgan fingerprint density at radius 3 is 2.94 bits per heavy atom. The number of nitrogens with zero attached hydrogens (tertiary/aromatic N) is 2. The van der Waals surface area contributed by atoms with Crippen LogP contribution in [0, 0.1) is 12.8 Å². The summed E-state index contributed by atoms with van der Waals surface area (Å²) < 4.78 is 0. The SMILES string of the molecule is Cc1ccc(N2CCCC2CNCC(C)C)nc1. The van der Waals surface area contributed by atoms with Crippen molar-refractivity contribution in [1.29, 1.82) is 0 Å². The van der Waals surface area contributed by atoms with E-state index in [9.17, 15) is 0 Å². The van der Waals surface area contributed by atoms with Gasteiger partial charge < -0.3 is 10.2 Å². The summed E-state index contributed by atoms with van der Waals surface area (Å²) in [7, 11) is 0. The topological polar surface area (TPSA) is 28.2 Å². The Hall–Kier alpha value is -1.09. The average Bonchev–Trinajstić information content (AvgIpc) is 2.78. The van der Waals surface area contributed by atoms with Crippen molar-refractivity contribution in [3.8, 4) is 0 Å². The summed E-state index contributed by atoms with van der Waals surface area (Å²) >= 11 is 0. The highest BCUT2D eigenvalue weighted by Crippen LogP contribution is 2.23. The molecule has 1 aromatic heterocycles. The van der Waals surface area contributed by atoms with E-state index in [4.69, 9.17) is 0 Å². The molecule has 1 saturated heterocycles. The van der Waals surface area contributed by atoms with Gasteiger partial charge in [0.15, 0.2) is 0 Å². The lowest BCUT2D eigenvalue weighted by molar-refractivity contribution is 0.511. The third-order valence-corrected chi connectivity index (χ3v) is 3.50. The van der Waals surface area contributed by atoms with Gasteiger partial charge in [-0.2, -0.15) is 0 Å². The molecule has 1 unspecified atom stereocenters. The van der Waals surface area contributed by atoms with Gasteiger partial charge in [0, 0.05) is 25.3 Å². The van der Waals surface area contributed by atoms with Crippen LogP contribution in [-0.4, -0.2) is 30.7 Å². The fraction of sp³-hybridized carbons (Fsp3) is 0.667. The van der Waals surface area contributed by atoms with E-state index in [-0.39, 0.29) is 0 Å². The summed E-state index contributed by atoms with van der Waals surface area (Å²) in [6, 6.07) is 4.91. The predicted molar refractivity (Wildman–Crippen MR) is 77.0 cm³/mol. The largest absolute Gasteiger partial charge is 0.352 e. The molecule has 1 atom stereocenters. The van der Waals surface area contributed by atoms with Crippen LogP contribution in [-0.2, 0) is 0 Å². The second kappa shape index (κ2) is 6.19. The van der Waals surface area contributed by atoms with Crippen molar-refractivity contribution in [2.45, 2.75) is 39.7 Å². The number of hydrogen-bond acceptors (Lipinski definition) is 3. The van der Waals surface area contributed by atoms with Crippen molar-refractivity contribution in [1.82, 2.24) is 10.3 Å². The van der Waals surface area contributed by atoms with E-state index in [1.165, 1.54) is 18.4 Å². The number of pyridine rings is 1. The molecule has 0 radical (unpaired) electrons. The lowest BCUT2D eigenvalue weighted by Gasteiger charge is -2.26. The van der Waals surface area contributed by atoms with Crippen molar-refractivity contribution < 1.29 is 0 Å². The van der Waals surface area contributed by atoms with Gasteiger partial charge in [0.2, 0.25) is 0 Å². The maximum absolute atomic E-state index is 4.55. The van der Waals surface area contributed by atoms with Crippen LogP contribution in [0.5, 0.6) is 0 Å². The molecule has 1 aliphatic heterocycles. The monoisotopic (exact) mass is 247 g/mol. The van der Waals surface area contributed by atoms with Gasteiger partial charge in [-0.1, -0.05) is 19.9 Å². The second-order valence-electron chi connectivity index (χ2n) is 5.74. The molecule has 18 heavy (non-hydrogen) atoms. The van der Waals surface area contributed by atoms with E-state index in [1.54, 1.807) is 0 Å². The quantitative estimate of drug-likeness (QED) is 0.867. The second-order valence-corrected chi connectivity index (χ2v) is 5.74. The van der Waals surface area contributed by atoms with Gasteiger partial charge in [0.25, 0.3) is 0 Å². The van der Waals surface area contributed by atoms with Gasteiger partial charge in [-0.25, -0.2) is 4.98 Å². The zero-order valence-electron chi connectivity index (χ0n) is 11.8. The first-order chi connectivity index (χ1) is 8.66. The molecule has 0 aliphatic carbocycles. The normalized spacial score (nSPS) is 19.8. The molecule has 2 rings (SSSR count). The highest BCUT2D eigenvalue weighted by Gasteiger charge is 2.24. The smallest absolute Gasteiger partial charge is 0.128 e. The Bertz CT molecular complexity index is 359. The molecular formula is C15H25N3. The molecule has 0 aromatic carbocycles. The summed E-state index contributed by atoms with van der Waals surface area (Å²) in [6.07, 6.45) is 4.52. The van der Waals surface area contributed by atoms with Crippen molar-refractivity contribution >= 4 is 5.82 Å². The molecule has 3 heteroatoms. The van der Waals surface area contributed by atoms with Crippen LogP contribution >= 0.6 is 0 Å². The highest BCUT2D eigenvalue weighted by atomic mass is 15.2. The molecule has 100 valence electrons. The Labute approximate surface area is 111 Å². The molecule has 1 aliphatic rings. The molecule has 1 fully saturated rings. The Morgan fingerprint density at radius 1 is 1.44 bits per heavy atom. The van der Waals surface area contributed by atoms with Gasteiger partial charge >= 0.3 is 0 Å². The molecule has 2 heterocycles. The molecule has 0 spiro atoms. The van der Waals surface area contributed by atoms with E-state index < -0.39 is 0 Å². The van der Waals surface area contributed by atoms with Crippen LogP contribution in [0.1, 0.15) is 32.3 Å². The third-order valence-electron chi connectivity index (χ3n) is 3.50. The fourth-order valence-corrected chi connectivity index (χ4v) is 2.52. The number of aromatic nitrogens is 1. The molecule has 1 aromatic rings. The Morgan fingerprint density at radius 2 is 2.28 bits per heavy atom. The maximum Gasteiger partial charge on any atom is 0.128 e. The number of anilines is 1. The van der Waals surface area contributed by atoms with Crippen LogP contribution in [0.25, 0.3) is 0 Å². The molecule has 1 N–H and O–H groups in total. The van der Waals surface area contributed by atoms with Gasteiger partial charge in [-0.3, -0.25) is 0 Å². The van der Waals surface area contributed by atoms with Crippen molar-refractivity contribution in [2.75, 3.05) is 24.5 Å². The van der Waals surface area contributed by atoms with E-state index in [0.29, 0.717) is 6.04 Å². The third kappa shape index (κ3) is 3.45. The first-order valence-corrected chi connectivity index (χ1v) is 7.07. The number of rotatable bonds is 5. The molecule has 0 saturated carbocycles. The number of hydrogen-bond donors (Lipinski definition) is 1. The van der Waals surface area contributed by atoms with E-state index in [1.807, 2.05) is 6.20 Å². The van der Waals surface area contributed by atoms with Crippen LogP contribution in [0.2, 0.25) is 0 Å². The lowest BCUT2D eigenvalue weighted by Crippen LogP contribution is -2.39. The molecule has 0 bridgehead atoms. The van der Waals surface area contributed by atoms with Gasteiger partial charge in [-0.15, -0.1) is 0 Å². The van der Waals surface area contributed by atoms with Crippen LogP contribution in [0.3, 0.4) is 0 Å². The van der Waals surface area contributed by atoms with Crippen LogP contribution in [0.15, 0.2) is 18.3 Å². The Kier molecular flexibility index (Phi) is 4.59. The van der Waals surface area contributed by atoms with E-state index >= 15 is 0 Å². The minimum atomic E-state index is 0.610. The summed E-state index contributed by atoms with van der Waals surface area (Å²) in [5.74, 6) is 1.85. The first-order valence-electron chi connectivity index (χ1n) is 7.07. The zero-order valence-corrected chi connectivity index (χ0v) is 11.8. The zero-order chi connectivity index (χ0) is 13.0.